The zero-order valence-corrected chi connectivity index (χ0v) is 14.7. The number of amides is 1. The van der Waals surface area contributed by atoms with Crippen LogP contribution < -0.4 is 10.6 Å². The molecule has 3 atom stereocenters. The number of hydrogen-bond acceptors (Lipinski definition) is 4. The fourth-order valence-corrected chi connectivity index (χ4v) is 3.20. The van der Waals surface area contributed by atoms with E-state index in [9.17, 15) is 22.4 Å². The number of halogens is 4. The fraction of sp³-hybridized carbons (Fsp3) is 0.471. The molecule has 1 amide bonds. The molecule has 1 aliphatic heterocycles. The zero-order chi connectivity index (χ0) is 19.8. The summed E-state index contributed by atoms with van der Waals surface area (Å²) in [6.07, 6.45) is -2.65. The van der Waals surface area contributed by atoms with Crippen LogP contribution >= 0.6 is 0 Å². The van der Waals surface area contributed by atoms with Crippen molar-refractivity contribution in [2.45, 2.75) is 51.1 Å². The highest BCUT2D eigenvalue weighted by molar-refractivity contribution is 5.77. The number of nitrogens with zero attached hydrogens (tertiary/aromatic N) is 3. The van der Waals surface area contributed by atoms with Gasteiger partial charge in [0.25, 0.3) is 0 Å². The Bertz CT molecular complexity index is 835. The number of nitrogens with one attached hydrogen (secondary N) is 2. The van der Waals surface area contributed by atoms with E-state index in [4.69, 9.17) is 0 Å². The van der Waals surface area contributed by atoms with Crippen LogP contribution in [0, 0.1) is 5.82 Å². The van der Waals surface area contributed by atoms with Gasteiger partial charge in [-0.25, -0.2) is 9.07 Å². The number of alkyl halides is 3. The SMILES string of the molecule is CCC(c1ccc(C(F)(F)F)cc1F)n1cc(C2CC(=O)NC(C)N2)nn1. The van der Waals surface area contributed by atoms with E-state index >= 15 is 0 Å². The molecule has 0 aliphatic carbocycles. The second-order valence-electron chi connectivity index (χ2n) is 6.49. The Morgan fingerprint density at radius 2 is 2.11 bits per heavy atom. The summed E-state index contributed by atoms with van der Waals surface area (Å²) in [5.74, 6) is -1.07. The van der Waals surface area contributed by atoms with Crippen LogP contribution in [0.1, 0.15) is 55.6 Å². The first kappa shape index (κ1) is 19.3. The van der Waals surface area contributed by atoms with Crippen LogP contribution in [-0.4, -0.2) is 27.1 Å². The molecule has 6 nitrogen and oxygen atoms in total. The van der Waals surface area contributed by atoms with Crippen molar-refractivity contribution in [3.05, 3.63) is 47.0 Å². The lowest BCUT2D eigenvalue weighted by Crippen LogP contribution is -2.51. The van der Waals surface area contributed by atoms with Crippen molar-refractivity contribution in [3.63, 3.8) is 0 Å². The van der Waals surface area contributed by atoms with Gasteiger partial charge in [0.15, 0.2) is 0 Å². The van der Waals surface area contributed by atoms with E-state index in [0.717, 1.165) is 12.1 Å². The van der Waals surface area contributed by atoms with Crippen molar-refractivity contribution in [2.24, 2.45) is 0 Å². The number of aromatic nitrogens is 3. The van der Waals surface area contributed by atoms with E-state index < -0.39 is 23.6 Å². The summed E-state index contributed by atoms with van der Waals surface area (Å²) in [5.41, 5.74) is -0.420. The number of benzene rings is 1. The molecule has 2 heterocycles. The van der Waals surface area contributed by atoms with E-state index in [1.807, 2.05) is 0 Å². The highest BCUT2D eigenvalue weighted by atomic mass is 19.4. The highest BCUT2D eigenvalue weighted by Gasteiger charge is 2.32. The molecule has 0 spiro atoms. The van der Waals surface area contributed by atoms with Gasteiger partial charge in [-0.3, -0.25) is 10.1 Å². The summed E-state index contributed by atoms with van der Waals surface area (Å²) in [6.45, 7) is 3.57. The molecule has 146 valence electrons. The van der Waals surface area contributed by atoms with Crippen molar-refractivity contribution in [1.82, 2.24) is 25.6 Å². The molecule has 0 saturated carbocycles. The molecule has 1 aromatic carbocycles. The summed E-state index contributed by atoms with van der Waals surface area (Å²) in [7, 11) is 0. The number of carbonyl (C=O) groups excluding carboxylic acids is 1. The second kappa shape index (κ2) is 7.26. The van der Waals surface area contributed by atoms with E-state index in [-0.39, 0.29) is 30.1 Å². The fourth-order valence-electron chi connectivity index (χ4n) is 3.20. The molecule has 10 heteroatoms. The van der Waals surface area contributed by atoms with Crippen molar-refractivity contribution in [1.29, 1.82) is 0 Å². The Morgan fingerprint density at radius 1 is 1.37 bits per heavy atom. The Balaban J connectivity index is 1.87. The molecular formula is C17H19F4N5O. The monoisotopic (exact) mass is 385 g/mol. The van der Waals surface area contributed by atoms with Gasteiger partial charge in [-0.05, 0) is 25.5 Å². The quantitative estimate of drug-likeness (QED) is 0.794. The maximum atomic E-state index is 14.3. The van der Waals surface area contributed by atoms with E-state index in [1.54, 1.807) is 20.0 Å². The van der Waals surface area contributed by atoms with Gasteiger partial charge < -0.3 is 5.32 Å². The molecule has 1 saturated heterocycles. The van der Waals surface area contributed by atoms with Crippen LogP contribution in [0.3, 0.4) is 0 Å². The summed E-state index contributed by atoms with van der Waals surface area (Å²) < 4.78 is 54.0. The molecule has 1 fully saturated rings. The van der Waals surface area contributed by atoms with Crippen LogP contribution in [0.5, 0.6) is 0 Å². The summed E-state index contributed by atoms with van der Waals surface area (Å²) in [6, 6.07) is 1.53. The van der Waals surface area contributed by atoms with Crippen molar-refractivity contribution in [2.75, 3.05) is 0 Å². The predicted octanol–water partition coefficient (Wildman–Crippen LogP) is 2.93. The lowest BCUT2D eigenvalue weighted by molar-refractivity contribution is -0.137. The van der Waals surface area contributed by atoms with Gasteiger partial charge in [0, 0.05) is 12.0 Å². The van der Waals surface area contributed by atoms with Crippen molar-refractivity contribution >= 4 is 5.91 Å². The third-order valence-electron chi connectivity index (χ3n) is 4.50. The third kappa shape index (κ3) is 4.10. The van der Waals surface area contributed by atoms with Crippen LogP contribution in [0.2, 0.25) is 0 Å². The summed E-state index contributed by atoms with van der Waals surface area (Å²) >= 11 is 0. The topological polar surface area (TPSA) is 71.8 Å². The molecule has 3 unspecified atom stereocenters. The van der Waals surface area contributed by atoms with Crippen LogP contribution in [0.4, 0.5) is 17.6 Å². The average Bonchev–Trinajstić information content (AvgIpc) is 3.05. The van der Waals surface area contributed by atoms with Crippen molar-refractivity contribution in [3.8, 4) is 0 Å². The lowest BCUT2D eigenvalue weighted by atomic mass is 10.0. The molecule has 1 aliphatic rings. The minimum Gasteiger partial charge on any atom is -0.341 e. The average molecular weight is 385 g/mol. The van der Waals surface area contributed by atoms with E-state index in [1.165, 1.54) is 4.68 Å². The van der Waals surface area contributed by atoms with E-state index in [0.29, 0.717) is 18.2 Å². The molecule has 2 aromatic rings. The molecule has 1 aromatic heterocycles. The van der Waals surface area contributed by atoms with Crippen molar-refractivity contribution < 1.29 is 22.4 Å². The molecular weight excluding hydrogens is 366 g/mol. The first-order valence-corrected chi connectivity index (χ1v) is 8.52. The normalized spacial score (nSPS) is 21.8. The van der Waals surface area contributed by atoms with Crippen LogP contribution in [0.15, 0.2) is 24.4 Å². The summed E-state index contributed by atoms with van der Waals surface area (Å²) in [5, 5.41) is 14.0. The minimum absolute atomic E-state index is 0.102. The Labute approximate surface area is 152 Å². The lowest BCUT2D eigenvalue weighted by Gasteiger charge is -2.27. The maximum Gasteiger partial charge on any atom is 0.416 e. The minimum atomic E-state index is -4.61. The third-order valence-corrected chi connectivity index (χ3v) is 4.50. The van der Waals surface area contributed by atoms with Gasteiger partial charge in [-0.1, -0.05) is 18.2 Å². The second-order valence-corrected chi connectivity index (χ2v) is 6.49. The van der Waals surface area contributed by atoms with Gasteiger partial charge in [-0.2, -0.15) is 13.2 Å². The first-order chi connectivity index (χ1) is 12.7. The Morgan fingerprint density at radius 3 is 2.70 bits per heavy atom. The first-order valence-electron chi connectivity index (χ1n) is 8.52. The van der Waals surface area contributed by atoms with Gasteiger partial charge in [-0.15, -0.1) is 5.10 Å². The van der Waals surface area contributed by atoms with E-state index in [2.05, 4.69) is 20.9 Å². The Hall–Kier alpha value is -2.49. The smallest absolute Gasteiger partial charge is 0.341 e. The van der Waals surface area contributed by atoms with Gasteiger partial charge in [0.2, 0.25) is 5.91 Å². The predicted molar refractivity (Wildman–Crippen MR) is 88.0 cm³/mol. The molecule has 0 bridgehead atoms. The molecule has 0 radical (unpaired) electrons. The standard InChI is InChI=1S/C17H19F4N5O/c1-3-15(11-5-4-10(6-12(11)18)17(19,20)21)26-8-14(24-25-26)13-7-16(27)23-9(2)22-13/h4-6,8-9,13,15,22H,3,7H2,1-2H3,(H,23,27). The van der Waals surface area contributed by atoms with Gasteiger partial charge >= 0.3 is 6.18 Å². The number of carbonyl (C=O) groups is 1. The number of hydrogen-bond donors (Lipinski definition) is 2. The highest BCUT2D eigenvalue weighted by Crippen LogP contribution is 2.33. The largest absolute Gasteiger partial charge is 0.416 e. The maximum absolute atomic E-state index is 14.3. The summed E-state index contributed by atoms with van der Waals surface area (Å²) in [4.78, 5) is 11.7. The molecule has 2 N–H and O–H groups in total. The molecule has 3 rings (SSSR count). The Kier molecular flexibility index (Phi) is 5.18. The van der Waals surface area contributed by atoms with Crippen LogP contribution in [0.25, 0.3) is 0 Å². The molecule has 27 heavy (non-hydrogen) atoms. The number of rotatable bonds is 4. The van der Waals surface area contributed by atoms with Gasteiger partial charge in [0.1, 0.15) is 11.5 Å². The zero-order valence-electron chi connectivity index (χ0n) is 14.7. The van der Waals surface area contributed by atoms with Crippen LogP contribution in [-0.2, 0) is 11.0 Å². The van der Waals surface area contributed by atoms with Gasteiger partial charge in [0.05, 0.1) is 30.0 Å².